The minimum Gasteiger partial charge on any atom is -0.483 e. The van der Waals surface area contributed by atoms with E-state index in [1.54, 1.807) is 41.5 Å². The molecule has 0 saturated carbocycles. The minimum atomic E-state index is -3.26. The number of hydrogen-bond acceptors (Lipinski definition) is 17. The third-order valence-corrected chi connectivity index (χ3v) is 14.9. The summed E-state index contributed by atoms with van der Waals surface area (Å²) in [5.74, 6) is -2.36. The van der Waals surface area contributed by atoms with Gasteiger partial charge in [0, 0.05) is 44.8 Å². The number of aliphatic hydroxyl groups is 4. The lowest BCUT2D eigenvalue weighted by atomic mass is 9.75. The van der Waals surface area contributed by atoms with Gasteiger partial charge in [-0.25, -0.2) is 8.42 Å². The molecule has 0 amide bonds. The van der Waals surface area contributed by atoms with Gasteiger partial charge in [0.25, 0.3) is 0 Å². The first kappa shape index (κ1) is 54.6. The highest BCUT2D eigenvalue weighted by molar-refractivity contribution is 7.90. The third-order valence-electron chi connectivity index (χ3n) is 14.0. The molecule has 18 atom stereocenters. The zero-order valence-electron chi connectivity index (χ0n) is 40.4. The molecule has 7 N–H and O–H groups in total. The molecule has 18 heteroatoms. The van der Waals surface area contributed by atoms with Gasteiger partial charge in [0.2, 0.25) is 0 Å². The molecule has 4 rings (SSSR count). The number of benzene rings is 1. The Hall–Kier alpha value is -2.04. The van der Waals surface area contributed by atoms with Crippen LogP contribution >= 0.6 is 0 Å². The molecule has 0 spiro atoms. The van der Waals surface area contributed by atoms with E-state index in [2.05, 4.69) is 16.0 Å². The van der Waals surface area contributed by atoms with Crippen molar-refractivity contribution in [2.45, 2.75) is 185 Å². The Bertz CT molecular complexity index is 1730. The highest BCUT2D eigenvalue weighted by Crippen LogP contribution is 2.43. The predicted molar refractivity (Wildman–Crippen MR) is 241 cm³/mol. The van der Waals surface area contributed by atoms with Crippen molar-refractivity contribution in [3.05, 3.63) is 30.3 Å². The normalized spacial score (nSPS) is 43.4. The fraction of sp³-hybridized carbons (Fsp3) is 0.848. The summed E-state index contributed by atoms with van der Waals surface area (Å²) in [6.45, 7) is 17.8. The third kappa shape index (κ3) is 13.1. The van der Waals surface area contributed by atoms with Gasteiger partial charge in [0.05, 0.1) is 47.7 Å². The van der Waals surface area contributed by atoms with Crippen molar-refractivity contribution in [2.75, 3.05) is 45.8 Å². The Balaban J connectivity index is 1.82. The lowest BCUT2D eigenvalue weighted by Gasteiger charge is -2.53. The van der Waals surface area contributed by atoms with Crippen LogP contribution in [0.15, 0.2) is 30.3 Å². The summed E-state index contributed by atoms with van der Waals surface area (Å²) < 4.78 is 69.3. The van der Waals surface area contributed by atoms with E-state index in [0.717, 1.165) is 6.26 Å². The summed E-state index contributed by atoms with van der Waals surface area (Å²) in [6, 6.07) is 8.50. The summed E-state index contributed by atoms with van der Waals surface area (Å²) in [6.07, 6.45) is -6.51. The van der Waals surface area contributed by atoms with Gasteiger partial charge in [-0.3, -0.25) is 4.79 Å². The van der Waals surface area contributed by atoms with Gasteiger partial charge in [-0.1, -0.05) is 39.0 Å². The number of cyclic esters (lactones) is 1. The first-order valence-corrected chi connectivity index (χ1v) is 25.0. The van der Waals surface area contributed by atoms with Crippen LogP contribution in [-0.4, -0.2) is 170 Å². The van der Waals surface area contributed by atoms with Crippen LogP contribution in [0.1, 0.15) is 94.9 Å². The molecule has 0 bridgehead atoms. The van der Waals surface area contributed by atoms with Gasteiger partial charge < -0.3 is 69.5 Å². The standard InChI is InChI=1S/C46H81N3O14S/c1-14-35-45(10,53)39(50)31(6)49-25-27(2)23-43(8,52)40(63-42-38(34(47-11)22-28(3)58-42)60-33-18-16-15-17-19-33)29(4)37(30(5)41(51)61-35)62-36-24-44(9,57-12)46(54,32(7)59-36)26-48-20-21-64(13,55)56/h15-19,27-32,34-40,42,47-50,52-54H,14,20-26H2,1-13H3/t27-,28-,29+,30-,31-,32+,34+,35-,36+,37+,38-,39-,40-,42+,43-,44-,45-,46+/m1/s1. The maximum Gasteiger partial charge on any atom is 0.311 e. The number of nitrogens with one attached hydrogen (secondary N) is 3. The van der Waals surface area contributed by atoms with Crippen LogP contribution in [0, 0.1) is 17.8 Å². The number of rotatable bonds is 14. The van der Waals surface area contributed by atoms with Crippen LogP contribution in [-0.2, 0) is 43.1 Å². The number of likely N-dealkylation sites (N-methyl/N-ethyl adjacent to an activating group) is 1. The van der Waals surface area contributed by atoms with E-state index in [1.165, 1.54) is 14.0 Å². The predicted octanol–water partition coefficient (Wildman–Crippen LogP) is 2.31. The molecule has 3 saturated heterocycles. The number of para-hydroxylation sites is 1. The zero-order chi connectivity index (χ0) is 48.0. The average molecular weight is 932 g/mol. The number of methoxy groups -OCH3 is 1. The van der Waals surface area contributed by atoms with Gasteiger partial charge in [-0.2, -0.15) is 0 Å². The Morgan fingerprint density at radius 3 is 2.20 bits per heavy atom. The fourth-order valence-corrected chi connectivity index (χ4v) is 10.4. The van der Waals surface area contributed by atoms with E-state index in [1.807, 2.05) is 58.2 Å². The van der Waals surface area contributed by atoms with E-state index < -0.39 is 105 Å². The highest BCUT2D eigenvalue weighted by Gasteiger charge is 2.58. The second-order valence-electron chi connectivity index (χ2n) is 19.6. The molecule has 1 aromatic carbocycles. The summed E-state index contributed by atoms with van der Waals surface area (Å²) in [4.78, 5) is 14.5. The molecule has 3 aliphatic rings. The lowest BCUT2D eigenvalue weighted by molar-refractivity contribution is -0.335. The summed E-state index contributed by atoms with van der Waals surface area (Å²) in [5, 5.41) is 58.0. The van der Waals surface area contributed by atoms with Crippen molar-refractivity contribution in [3.63, 3.8) is 0 Å². The van der Waals surface area contributed by atoms with Crippen molar-refractivity contribution in [2.24, 2.45) is 17.8 Å². The van der Waals surface area contributed by atoms with Gasteiger partial charge in [0.1, 0.15) is 44.6 Å². The van der Waals surface area contributed by atoms with Crippen LogP contribution < -0.4 is 20.7 Å². The number of aliphatic hydroxyl groups excluding tert-OH is 1. The zero-order valence-corrected chi connectivity index (χ0v) is 41.2. The molecule has 3 aliphatic heterocycles. The van der Waals surface area contributed by atoms with Gasteiger partial charge >= 0.3 is 5.97 Å². The van der Waals surface area contributed by atoms with Crippen molar-refractivity contribution >= 4 is 15.8 Å². The molecular weight excluding hydrogens is 851 g/mol. The van der Waals surface area contributed by atoms with Crippen molar-refractivity contribution in [3.8, 4) is 5.75 Å². The van der Waals surface area contributed by atoms with Gasteiger partial charge in [-0.05, 0) is 99.4 Å². The molecule has 0 aliphatic carbocycles. The Morgan fingerprint density at radius 2 is 1.61 bits per heavy atom. The fourth-order valence-electron chi connectivity index (χ4n) is 9.86. The Morgan fingerprint density at radius 1 is 0.953 bits per heavy atom. The van der Waals surface area contributed by atoms with Gasteiger partial charge in [-0.15, -0.1) is 0 Å². The number of carbonyl (C=O) groups is 1. The number of carbonyl (C=O) groups excluding carboxylic acids is 1. The lowest BCUT2D eigenvalue weighted by Crippen LogP contribution is -2.70. The molecule has 1 aromatic rings. The van der Waals surface area contributed by atoms with Crippen molar-refractivity contribution in [1.82, 2.24) is 16.0 Å². The molecule has 64 heavy (non-hydrogen) atoms. The quantitative estimate of drug-likeness (QED) is 0.105. The maximum absolute atomic E-state index is 14.5. The second kappa shape index (κ2) is 22.4. The van der Waals surface area contributed by atoms with E-state index in [4.69, 9.17) is 33.2 Å². The first-order valence-electron chi connectivity index (χ1n) is 23.0. The summed E-state index contributed by atoms with van der Waals surface area (Å²) in [7, 11) is 0.0479. The van der Waals surface area contributed by atoms with E-state index in [9.17, 15) is 33.6 Å². The second-order valence-corrected chi connectivity index (χ2v) is 21.9. The van der Waals surface area contributed by atoms with Crippen LogP contribution in [0.2, 0.25) is 0 Å². The molecule has 370 valence electrons. The molecular formula is C46H81N3O14S. The summed E-state index contributed by atoms with van der Waals surface area (Å²) in [5.41, 5.74) is -6.42. The molecule has 0 radical (unpaired) electrons. The molecule has 17 nitrogen and oxygen atoms in total. The van der Waals surface area contributed by atoms with Crippen LogP contribution in [0.5, 0.6) is 5.75 Å². The van der Waals surface area contributed by atoms with E-state index >= 15 is 0 Å². The average Bonchev–Trinajstić information content (AvgIpc) is 3.22. The monoisotopic (exact) mass is 932 g/mol. The largest absolute Gasteiger partial charge is 0.483 e. The highest BCUT2D eigenvalue weighted by atomic mass is 32.2. The molecule has 3 fully saturated rings. The molecule has 0 aromatic heterocycles. The SMILES string of the molecule is CC[C@H]1OC(=O)[C@H](C)[C@@H](O[C@H]2C[C@@](C)(OC)[C@](O)(CNCCS(C)(=O)=O)[C@H](C)O2)[C@H](C)[C@@H](O[C@@H]2O[C@H](C)C[C@H](NC)[C@H]2Oc2ccccc2)[C@](C)(O)C[C@@H](C)CN[C@H](C)[C@@H](O)[C@]1(C)O. The molecule has 0 unspecified atom stereocenters. The van der Waals surface area contributed by atoms with Crippen molar-refractivity contribution < 1.29 is 66.8 Å². The first-order chi connectivity index (χ1) is 29.7. The van der Waals surface area contributed by atoms with Gasteiger partial charge in [0.15, 0.2) is 18.7 Å². The number of sulfone groups is 1. The molecule has 3 heterocycles. The Kier molecular flexibility index (Phi) is 19.1. The number of hydrogen-bond donors (Lipinski definition) is 7. The van der Waals surface area contributed by atoms with Crippen LogP contribution in [0.4, 0.5) is 0 Å². The van der Waals surface area contributed by atoms with E-state index in [0.29, 0.717) is 18.7 Å². The number of ether oxygens (including phenoxy) is 7. The smallest absolute Gasteiger partial charge is 0.311 e. The van der Waals surface area contributed by atoms with Crippen LogP contribution in [0.25, 0.3) is 0 Å². The Labute approximate surface area is 381 Å². The maximum atomic E-state index is 14.5. The topological polar surface area (TPSA) is 233 Å². The van der Waals surface area contributed by atoms with Crippen LogP contribution in [0.3, 0.4) is 0 Å². The minimum absolute atomic E-state index is 0.0236. The summed E-state index contributed by atoms with van der Waals surface area (Å²) >= 11 is 0. The van der Waals surface area contributed by atoms with Crippen molar-refractivity contribution in [1.29, 1.82) is 0 Å². The van der Waals surface area contributed by atoms with E-state index in [-0.39, 0.29) is 56.2 Å². The number of esters is 1.